The summed E-state index contributed by atoms with van der Waals surface area (Å²) in [6.07, 6.45) is -6.80. The lowest BCUT2D eigenvalue weighted by atomic mass is 9.72. The van der Waals surface area contributed by atoms with E-state index in [0.717, 1.165) is 6.07 Å². The predicted molar refractivity (Wildman–Crippen MR) is 164 cm³/mol. The summed E-state index contributed by atoms with van der Waals surface area (Å²) in [6.45, 7) is 0.333. The lowest BCUT2D eigenvalue weighted by Gasteiger charge is -2.42. The van der Waals surface area contributed by atoms with Crippen molar-refractivity contribution in [2.75, 3.05) is 13.7 Å². The minimum atomic E-state index is -2.38. The minimum Gasteiger partial charge on any atom is -0.507 e. The van der Waals surface area contributed by atoms with Crippen LogP contribution in [0.3, 0.4) is 0 Å². The summed E-state index contributed by atoms with van der Waals surface area (Å²) in [5.41, 5.74) is -4.30. The van der Waals surface area contributed by atoms with Gasteiger partial charge in [0, 0.05) is 42.0 Å². The quantitative estimate of drug-likeness (QED) is 0.0791. The van der Waals surface area contributed by atoms with Gasteiger partial charge < -0.3 is 49.6 Å². The number of carbonyl (C=O) groups is 4. The van der Waals surface area contributed by atoms with Crippen molar-refractivity contribution in [3.8, 4) is 17.2 Å². The highest BCUT2D eigenvalue weighted by atomic mass is 16.7. The molecule has 0 bridgehead atoms. The number of aromatic amines is 2. The molecular weight excluding hydrogens is 666 g/mol. The molecule has 1 saturated heterocycles. The minimum absolute atomic E-state index is 0.0339. The molecule has 0 amide bonds. The van der Waals surface area contributed by atoms with E-state index in [-0.39, 0.29) is 34.4 Å². The molecule has 6 atom stereocenters. The summed E-state index contributed by atoms with van der Waals surface area (Å²) in [6, 6.07) is 3.90. The Morgan fingerprint density at radius 1 is 1.06 bits per heavy atom. The fraction of sp³-hybridized carbons (Fsp3) is 0.375. The number of fused-ring (bicyclic) bond motifs is 3. The average Bonchev–Trinajstić information content (AvgIpc) is 3.07. The Hall–Kier alpha value is -5.24. The number of nitrogens with one attached hydrogen (secondary N) is 3. The lowest BCUT2D eigenvalue weighted by molar-refractivity contribution is -0.255. The third kappa shape index (κ3) is 5.76. The highest BCUT2D eigenvalue weighted by Crippen LogP contribution is 2.52. The van der Waals surface area contributed by atoms with Crippen molar-refractivity contribution in [2.24, 2.45) is 0 Å². The number of benzene rings is 2. The van der Waals surface area contributed by atoms with Gasteiger partial charge in [0.15, 0.2) is 17.9 Å². The normalized spacial score (nSPS) is 25.7. The van der Waals surface area contributed by atoms with Crippen LogP contribution in [0.15, 0.2) is 33.9 Å². The van der Waals surface area contributed by atoms with Crippen molar-refractivity contribution in [3.05, 3.63) is 84.2 Å². The molecule has 1 aliphatic heterocycles. The van der Waals surface area contributed by atoms with E-state index in [9.17, 15) is 54.3 Å². The van der Waals surface area contributed by atoms with Crippen LogP contribution in [0.5, 0.6) is 17.2 Å². The summed E-state index contributed by atoms with van der Waals surface area (Å²) in [5, 5.41) is 55.0. The van der Waals surface area contributed by atoms with Gasteiger partial charge in [0.25, 0.3) is 5.56 Å². The topological polar surface area (TPSA) is 284 Å². The Bertz CT molecular complexity index is 2030. The molecule has 2 heterocycles. The number of aromatic hydroxyl groups is 2. The predicted octanol–water partition coefficient (Wildman–Crippen LogP) is -1.22. The SMILES string of the molecule is COc1cccc2c1C(=O)c1c(O)c3c(c(O)c1C2=O)C[C@@](O)(C(=O)CO)C[C@@H]3OC1CC(NOC(=O)c2cc(=O)[nH]c(=O)[nH]2)C(O)C(C)O1. The number of carbonyl (C=O) groups excluding carboxylic acids is 4. The fourth-order valence-electron chi connectivity index (χ4n) is 6.60. The van der Waals surface area contributed by atoms with Crippen molar-refractivity contribution in [2.45, 2.75) is 62.4 Å². The Kier molecular flexibility index (Phi) is 8.93. The fourth-order valence-corrected chi connectivity index (χ4v) is 6.60. The van der Waals surface area contributed by atoms with Crippen LogP contribution >= 0.6 is 0 Å². The number of hydrogen-bond donors (Lipinski definition) is 8. The number of H-pyrrole nitrogens is 2. The van der Waals surface area contributed by atoms with Gasteiger partial charge in [-0.2, -0.15) is 0 Å². The van der Waals surface area contributed by atoms with Gasteiger partial charge in [-0.25, -0.2) is 9.59 Å². The van der Waals surface area contributed by atoms with Crippen molar-refractivity contribution >= 4 is 23.3 Å². The lowest BCUT2D eigenvalue weighted by Crippen LogP contribution is -2.55. The number of hydrogen-bond acceptors (Lipinski definition) is 16. The molecule has 6 rings (SSSR count). The van der Waals surface area contributed by atoms with Gasteiger partial charge in [-0.05, 0) is 13.0 Å². The summed E-state index contributed by atoms with van der Waals surface area (Å²) in [5.74, 6) is -5.47. The van der Waals surface area contributed by atoms with E-state index in [1.54, 1.807) is 0 Å². The van der Waals surface area contributed by atoms with E-state index >= 15 is 0 Å². The molecule has 1 aromatic heterocycles. The molecule has 1 fully saturated rings. The molecule has 18 nitrogen and oxygen atoms in total. The molecule has 4 unspecified atom stereocenters. The number of hydroxylamine groups is 1. The van der Waals surface area contributed by atoms with Crippen LogP contribution in [0, 0.1) is 0 Å². The molecule has 2 aromatic carbocycles. The summed E-state index contributed by atoms with van der Waals surface area (Å²) >= 11 is 0. The van der Waals surface area contributed by atoms with Gasteiger partial charge in [-0.3, -0.25) is 24.2 Å². The van der Waals surface area contributed by atoms with Crippen molar-refractivity contribution in [3.63, 3.8) is 0 Å². The number of methoxy groups -OCH3 is 1. The largest absolute Gasteiger partial charge is 0.507 e. The maximum Gasteiger partial charge on any atom is 0.373 e. The first-order chi connectivity index (χ1) is 23.7. The Morgan fingerprint density at radius 2 is 1.78 bits per heavy atom. The van der Waals surface area contributed by atoms with Crippen LogP contribution < -0.4 is 21.5 Å². The zero-order valence-electron chi connectivity index (χ0n) is 26.3. The number of phenolic OH excluding ortho intramolecular Hbond substituents is 2. The number of ketones is 3. The van der Waals surface area contributed by atoms with Gasteiger partial charge >= 0.3 is 11.7 Å². The standard InChI is InChI=1S/C32H31N3O15/c1-11-25(39)14(35-50-30(44)15-6-19(38)34-31(45)33-15)7-20(48-11)49-17-9-32(46,18(37)10-36)8-13-22(17)29(43)24-23(27(13)41)26(40)12-4-3-5-16(47-2)21(12)28(24)42/h3-6,11,14,17,20,25,35-36,39,41,43,46H,7-10H2,1-2H3,(H2,33,34,38,45)/t11?,14?,17-,20?,25?,32-/m0/s1. The molecule has 0 radical (unpaired) electrons. The van der Waals surface area contributed by atoms with Crippen molar-refractivity contribution in [1.29, 1.82) is 0 Å². The zero-order chi connectivity index (χ0) is 36.2. The van der Waals surface area contributed by atoms with Crippen LogP contribution in [0.25, 0.3) is 0 Å². The molecule has 8 N–H and O–H groups in total. The van der Waals surface area contributed by atoms with Crippen molar-refractivity contribution < 1.29 is 63.8 Å². The Labute approximate surface area is 280 Å². The van der Waals surface area contributed by atoms with E-state index < -0.39 is 119 Å². The van der Waals surface area contributed by atoms with E-state index in [1.165, 1.54) is 32.2 Å². The third-order valence-electron chi connectivity index (χ3n) is 9.04. The Morgan fingerprint density at radius 3 is 2.46 bits per heavy atom. The number of aliphatic hydroxyl groups is 3. The summed E-state index contributed by atoms with van der Waals surface area (Å²) < 4.78 is 17.2. The maximum absolute atomic E-state index is 13.8. The monoisotopic (exact) mass is 697 g/mol. The highest BCUT2D eigenvalue weighted by Gasteiger charge is 2.50. The molecule has 0 spiro atoms. The van der Waals surface area contributed by atoms with Gasteiger partial charge in [-0.1, -0.05) is 12.1 Å². The maximum atomic E-state index is 13.8. The van der Waals surface area contributed by atoms with Crippen LogP contribution in [0.2, 0.25) is 0 Å². The number of aliphatic hydroxyl groups excluding tert-OH is 2. The zero-order valence-corrected chi connectivity index (χ0v) is 26.3. The number of phenols is 2. The molecule has 0 saturated carbocycles. The number of rotatable bonds is 8. The van der Waals surface area contributed by atoms with E-state index in [2.05, 4.69) is 10.5 Å². The third-order valence-corrected chi connectivity index (χ3v) is 9.04. The van der Waals surface area contributed by atoms with Crippen LogP contribution in [0.4, 0.5) is 0 Å². The number of aromatic nitrogens is 2. The van der Waals surface area contributed by atoms with Gasteiger partial charge in [-0.15, -0.1) is 5.48 Å². The summed E-state index contributed by atoms with van der Waals surface area (Å²) in [7, 11) is 1.28. The molecule has 264 valence electrons. The summed E-state index contributed by atoms with van der Waals surface area (Å²) in [4.78, 5) is 84.9. The molecule has 2 aliphatic carbocycles. The van der Waals surface area contributed by atoms with Gasteiger partial charge in [0.2, 0.25) is 5.78 Å². The van der Waals surface area contributed by atoms with Crippen molar-refractivity contribution in [1.82, 2.24) is 15.4 Å². The first-order valence-electron chi connectivity index (χ1n) is 15.2. The number of Topliss-reactive ketones (excluding diaryl/α,β-unsaturated/α-hetero) is 1. The van der Waals surface area contributed by atoms with E-state index in [0.29, 0.717) is 0 Å². The van der Waals surface area contributed by atoms with E-state index in [4.69, 9.17) is 19.0 Å². The van der Waals surface area contributed by atoms with Gasteiger partial charge in [0.1, 0.15) is 35.2 Å². The molecule has 3 aliphatic rings. The number of ether oxygens (including phenoxy) is 3. The van der Waals surface area contributed by atoms with Gasteiger partial charge in [0.05, 0.1) is 48.2 Å². The smallest absolute Gasteiger partial charge is 0.373 e. The highest BCUT2D eigenvalue weighted by molar-refractivity contribution is 6.31. The first-order valence-corrected chi connectivity index (χ1v) is 15.2. The second-order valence-corrected chi connectivity index (χ2v) is 12.1. The molecule has 3 aromatic rings. The molecular formula is C32H31N3O15. The second-order valence-electron chi connectivity index (χ2n) is 12.1. The second kappa shape index (κ2) is 12.9. The Balaban J connectivity index is 1.36. The van der Waals surface area contributed by atoms with Crippen LogP contribution in [-0.2, 0) is 25.5 Å². The first kappa shape index (κ1) is 34.6. The van der Waals surface area contributed by atoms with Crippen LogP contribution in [-0.4, -0.2) is 103 Å². The molecule has 18 heteroatoms. The molecule has 50 heavy (non-hydrogen) atoms. The van der Waals surface area contributed by atoms with E-state index in [1.807, 2.05) is 4.98 Å². The average molecular weight is 698 g/mol. The van der Waals surface area contributed by atoms with Crippen LogP contribution in [0.1, 0.15) is 79.3 Å².